The van der Waals surface area contributed by atoms with Gasteiger partial charge in [0.15, 0.2) is 0 Å². The Bertz CT molecular complexity index is 8400. The van der Waals surface area contributed by atoms with Gasteiger partial charge in [-0.15, -0.1) is 0 Å². The van der Waals surface area contributed by atoms with Gasteiger partial charge in [0.2, 0.25) is 0 Å². The van der Waals surface area contributed by atoms with Crippen LogP contribution in [0.5, 0.6) is 0 Å². The van der Waals surface area contributed by atoms with E-state index in [2.05, 4.69) is 280 Å². The Balaban J connectivity index is 0.000000114. The van der Waals surface area contributed by atoms with Gasteiger partial charge in [-0.3, -0.25) is 0 Å². The summed E-state index contributed by atoms with van der Waals surface area (Å²) in [5, 5.41) is 18.9. The summed E-state index contributed by atoms with van der Waals surface area (Å²) in [6.45, 7) is 9.32. The highest BCUT2D eigenvalue weighted by Crippen LogP contribution is 2.41. The Labute approximate surface area is 841 Å². The van der Waals surface area contributed by atoms with E-state index in [-0.39, 0.29) is 4.90 Å². The number of benzene rings is 17. The second-order valence-electron chi connectivity index (χ2n) is 35.5. The number of halogens is 2. The molecule has 22 aromatic rings. The van der Waals surface area contributed by atoms with E-state index in [0.29, 0.717) is 40.7 Å². The van der Waals surface area contributed by atoms with E-state index in [1.807, 2.05) is 97.2 Å². The van der Waals surface area contributed by atoms with Crippen molar-refractivity contribution in [3.05, 3.63) is 443 Å². The molecular formula is C121H111Br2N9O6S3. The summed E-state index contributed by atoms with van der Waals surface area (Å²) in [5.74, 6) is 0.542. The van der Waals surface area contributed by atoms with E-state index >= 15 is 0 Å². The van der Waals surface area contributed by atoms with Crippen molar-refractivity contribution in [1.29, 1.82) is 0 Å². The van der Waals surface area contributed by atoms with Crippen LogP contribution in [0.25, 0.3) is 142 Å². The Morgan fingerprint density at radius 1 is 0.291 bits per heavy atom. The highest BCUT2D eigenvalue weighted by molar-refractivity contribution is 9.10. The second-order valence-corrected chi connectivity index (χ2v) is 42.8. The maximum absolute atomic E-state index is 13.3. The first-order valence-electron chi connectivity index (χ1n) is 48.0. The molecule has 0 radical (unpaired) electrons. The molecule has 0 bridgehead atoms. The molecule has 1 aliphatic rings. The number of hydrogen-bond donors (Lipinski definition) is 6. The summed E-state index contributed by atoms with van der Waals surface area (Å²) in [6, 6.07) is 123. The maximum Gasteiger partial charge on any atom is 0.268 e. The van der Waals surface area contributed by atoms with Crippen LogP contribution in [0.2, 0.25) is 0 Å². The van der Waals surface area contributed by atoms with Crippen molar-refractivity contribution in [3.8, 4) is 44.5 Å². The molecule has 15 nitrogen and oxygen atoms in total. The first kappa shape index (κ1) is 97.2. The van der Waals surface area contributed by atoms with E-state index in [0.717, 1.165) is 133 Å². The molecule has 0 aliphatic carbocycles. The summed E-state index contributed by atoms with van der Waals surface area (Å²) in [5.41, 5.74) is 39.5. The lowest BCUT2D eigenvalue weighted by molar-refractivity contribution is 0.587. The van der Waals surface area contributed by atoms with Gasteiger partial charge < -0.3 is 32.5 Å². The SMILES string of the molecule is CCCc1c[nH]c2ccc(-c3ccc4ccccc4c3)cc12.CCCc1cn(S(=O)(=O)c2ccccc2)c2ccc(-c3ccc4ccccc4c3)cc12.CCCc1cn(S(=O)(=O)c2ccccc2)c2ccc(Br)cc12.NCCC1CNc2ccc(-c3ccc4ccccc4c3)cc21.NCCc1c[nH]c2ccc(Br)cc12.NCCc1cn(S(=O)(=O)c2ccccc2)c2ccc(-c3ccc4ccccc4c3)cc12. The number of nitrogens with zero attached hydrogens (tertiary/aromatic N) is 3. The third kappa shape index (κ3) is 21.4. The zero-order chi connectivity index (χ0) is 97.7. The standard InChI is InChI=1S/C27H23NO2S.C26H22N2O2S.C21H19N.C20H20N2.C17H16BrNO2S.C10H11BrN2/c1-2-8-24-19-28(31(29,30)25-11-4-3-5-12-25)27-16-15-23(18-26(24)27)22-14-13-20-9-6-7-10-21(20)17-22;27-15-14-23-18-28(31(29,30)24-8-2-1-3-9-24)26-13-12-22(17-25(23)26)21-11-10-19-6-4-5-7-20(19)16-21;1-2-5-19-14-22-21-11-10-18(13-20(19)21)17-9-8-15-6-3-4-7-16(15)12-17;21-10-9-18-13-22-20-8-7-17(12-19(18)20)16-6-5-14-3-1-2-4-15(14)11-16;1-2-6-13-12-19(17-10-9-14(18)11-16(13)17)22(20,21)15-7-4-3-5-8-15;11-8-1-2-10-9(5-8)7(3-4-12)6-13-10/h3-7,9-19H,2,8H2,1H3;1-13,16-18H,14-15,27H2;3-4,6-14,22H,2,5H2,1H3;1-8,11-12,18,22H,9-10,13,21H2;3-5,7-12H,2,6H2,1H3;1-2,5-6,13H,3-4,12H2. The van der Waals surface area contributed by atoms with Gasteiger partial charge in [0, 0.05) is 96.0 Å². The molecule has 0 fully saturated rings. The lowest BCUT2D eigenvalue weighted by atomic mass is 9.93. The third-order valence-corrected chi connectivity index (χ3v) is 32.2. The minimum Gasteiger partial charge on any atom is -0.384 e. The lowest BCUT2D eigenvalue weighted by Crippen LogP contribution is -2.11. The van der Waals surface area contributed by atoms with Gasteiger partial charge in [0.25, 0.3) is 30.1 Å². The monoisotopic (exact) mass is 2040 g/mol. The van der Waals surface area contributed by atoms with Crippen LogP contribution >= 0.6 is 31.9 Å². The quantitative estimate of drug-likeness (QED) is 0.0375. The number of fused-ring (bicyclic) bond motifs is 10. The molecule has 23 rings (SSSR count). The second kappa shape index (κ2) is 43.8. The molecule has 0 saturated heterocycles. The smallest absolute Gasteiger partial charge is 0.268 e. The van der Waals surface area contributed by atoms with Crippen LogP contribution in [0, 0.1) is 0 Å². The van der Waals surface area contributed by atoms with Crippen molar-refractivity contribution in [3.63, 3.8) is 0 Å². The summed E-state index contributed by atoms with van der Waals surface area (Å²) in [7, 11) is -10.9. The first-order chi connectivity index (χ1) is 68.7. The molecule has 1 unspecified atom stereocenters. The van der Waals surface area contributed by atoms with Crippen LogP contribution < -0.4 is 22.5 Å². The van der Waals surface area contributed by atoms with E-state index in [1.165, 1.54) is 128 Å². The fraction of sp³-hybridized carbons (Fsp3) is 0.140. The molecule has 0 spiro atoms. The van der Waals surface area contributed by atoms with Crippen LogP contribution in [-0.4, -0.2) is 73.3 Å². The minimum absolute atomic E-state index is 0.268. The normalized spacial score (nSPS) is 12.4. The van der Waals surface area contributed by atoms with Gasteiger partial charge in [-0.2, -0.15) is 0 Å². The zero-order valence-electron chi connectivity index (χ0n) is 78.9. The molecule has 0 amide bonds. The molecule has 0 saturated carbocycles. The Kier molecular flexibility index (Phi) is 30.2. The molecular weight excluding hydrogens is 1930 g/mol. The van der Waals surface area contributed by atoms with Crippen molar-refractivity contribution in [1.82, 2.24) is 21.9 Å². The van der Waals surface area contributed by atoms with Crippen molar-refractivity contribution in [2.75, 3.05) is 31.5 Å². The highest BCUT2D eigenvalue weighted by atomic mass is 79.9. The topological polar surface area (TPSA) is 239 Å². The number of aryl methyl sites for hydroxylation is 3. The summed E-state index contributed by atoms with van der Waals surface area (Å²) in [6.07, 6.45) is 17.9. The molecule has 708 valence electrons. The van der Waals surface area contributed by atoms with Gasteiger partial charge in [0.1, 0.15) is 0 Å². The Hall–Kier alpha value is -14.0. The van der Waals surface area contributed by atoms with Gasteiger partial charge in [-0.25, -0.2) is 37.2 Å². The Morgan fingerprint density at radius 3 is 0.979 bits per heavy atom. The van der Waals surface area contributed by atoms with Crippen molar-refractivity contribution < 1.29 is 25.3 Å². The van der Waals surface area contributed by atoms with Crippen LogP contribution in [0.15, 0.2) is 425 Å². The van der Waals surface area contributed by atoms with Crippen molar-refractivity contribution >= 4 is 165 Å². The minimum atomic E-state index is -3.69. The molecule has 141 heavy (non-hydrogen) atoms. The largest absolute Gasteiger partial charge is 0.384 e. The molecule has 9 N–H and O–H groups in total. The van der Waals surface area contributed by atoms with Crippen LogP contribution in [0.3, 0.4) is 0 Å². The van der Waals surface area contributed by atoms with Crippen LogP contribution in [-0.2, 0) is 62.2 Å². The number of hydrogen-bond acceptors (Lipinski definition) is 10. The highest BCUT2D eigenvalue weighted by Gasteiger charge is 2.27. The fourth-order valence-corrected chi connectivity index (χ4v) is 24.0. The number of rotatable bonds is 22. The predicted molar refractivity (Wildman–Crippen MR) is 596 cm³/mol. The average molecular weight is 2040 g/mol. The summed E-state index contributed by atoms with van der Waals surface area (Å²) >= 11 is 6.92. The maximum atomic E-state index is 13.3. The van der Waals surface area contributed by atoms with E-state index in [4.69, 9.17) is 17.2 Å². The predicted octanol–water partition coefficient (Wildman–Crippen LogP) is 29.2. The van der Waals surface area contributed by atoms with E-state index in [9.17, 15) is 25.3 Å². The van der Waals surface area contributed by atoms with Gasteiger partial charge in [-0.05, 0) is 325 Å². The van der Waals surface area contributed by atoms with Crippen LogP contribution in [0.4, 0.5) is 5.69 Å². The third-order valence-electron chi connectivity index (χ3n) is 26.2. The molecule has 1 atom stereocenters. The summed E-state index contributed by atoms with van der Waals surface area (Å²) < 4.78 is 85.3. The number of aromatic amines is 2. The Morgan fingerprint density at radius 2 is 0.582 bits per heavy atom. The number of aromatic nitrogens is 5. The zero-order valence-corrected chi connectivity index (χ0v) is 84.5. The number of H-pyrrole nitrogens is 2. The van der Waals surface area contributed by atoms with Crippen LogP contribution in [0.1, 0.15) is 85.8 Å². The average Bonchev–Trinajstić information content (AvgIpc) is 1.61. The molecule has 6 heterocycles. The van der Waals surface area contributed by atoms with Gasteiger partial charge in [-0.1, -0.05) is 296 Å². The number of nitrogens with two attached hydrogens (primary N) is 3. The fourth-order valence-electron chi connectivity index (χ4n) is 19.0. The molecule has 20 heteroatoms. The number of nitrogens with one attached hydrogen (secondary N) is 3. The first-order valence-corrected chi connectivity index (χ1v) is 53.9. The van der Waals surface area contributed by atoms with Crippen molar-refractivity contribution in [2.45, 2.75) is 99.2 Å². The van der Waals surface area contributed by atoms with Gasteiger partial charge >= 0.3 is 0 Å². The number of anilines is 1. The molecule has 17 aromatic carbocycles. The van der Waals surface area contributed by atoms with Crippen molar-refractivity contribution in [2.24, 2.45) is 17.2 Å². The van der Waals surface area contributed by atoms with E-state index < -0.39 is 30.1 Å². The van der Waals surface area contributed by atoms with E-state index in [1.54, 1.807) is 91.4 Å². The molecule has 1 aliphatic heterocycles. The van der Waals surface area contributed by atoms with Gasteiger partial charge in [0.05, 0.1) is 31.2 Å². The lowest BCUT2D eigenvalue weighted by Gasteiger charge is -2.11. The summed E-state index contributed by atoms with van der Waals surface area (Å²) in [4.78, 5) is 7.48. The molecule has 5 aromatic heterocycles.